The maximum atomic E-state index is 12.6. The zero-order valence-electron chi connectivity index (χ0n) is 16.1. The molecule has 2 aromatic rings. The van der Waals surface area contributed by atoms with Crippen molar-refractivity contribution in [1.82, 2.24) is 4.90 Å². The molecule has 0 spiro atoms. The Morgan fingerprint density at radius 1 is 1.11 bits per heavy atom. The van der Waals surface area contributed by atoms with Gasteiger partial charge >= 0.3 is 12.1 Å². The van der Waals surface area contributed by atoms with Gasteiger partial charge in [-0.1, -0.05) is 41.9 Å². The van der Waals surface area contributed by atoms with Crippen LogP contribution in [-0.2, 0) is 11.3 Å². The number of rotatable bonds is 7. The van der Waals surface area contributed by atoms with Crippen LogP contribution in [0.4, 0.5) is 4.79 Å². The van der Waals surface area contributed by atoms with Gasteiger partial charge in [-0.05, 0) is 44.5 Å². The SMILES string of the molecule is CC(C)(C)OC(=O)N(CCOc1ccc(Cl)cc1C(=O)O)Cc1ccccc1. The number of ether oxygens (including phenoxy) is 2. The zero-order valence-corrected chi connectivity index (χ0v) is 16.9. The third kappa shape index (κ3) is 6.78. The van der Waals surface area contributed by atoms with Gasteiger partial charge in [0, 0.05) is 11.6 Å². The van der Waals surface area contributed by atoms with Crippen LogP contribution < -0.4 is 4.74 Å². The van der Waals surface area contributed by atoms with Gasteiger partial charge in [-0.25, -0.2) is 9.59 Å². The third-order valence-electron chi connectivity index (χ3n) is 3.66. The van der Waals surface area contributed by atoms with Crippen LogP contribution in [-0.4, -0.2) is 40.8 Å². The number of halogens is 1. The lowest BCUT2D eigenvalue weighted by molar-refractivity contribution is 0.0208. The van der Waals surface area contributed by atoms with Crippen LogP contribution in [0.5, 0.6) is 5.75 Å². The maximum Gasteiger partial charge on any atom is 0.410 e. The first kappa shape index (κ1) is 21.6. The average Bonchev–Trinajstić information content (AvgIpc) is 2.61. The summed E-state index contributed by atoms with van der Waals surface area (Å²) in [6.07, 6.45) is -0.463. The van der Waals surface area contributed by atoms with Gasteiger partial charge in [-0.2, -0.15) is 0 Å². The molecule has 0 heterocycles. The van der Waals surface area contributed by atoms with Crippen LogP contribution in [0.2, 0.25) is 5.02 Å². The molecule has 1 N–H and O–H groups in total. The molecule has 0 bridgehead atoms. The number of hydrogen-bond donors (Lipinski definition) is 1. The number of carboxylic acid groups (broad SMARTS) is 1. The van der Waals surface area contributed by atoms with Crippen molar-refractivity contribution in [3.8, 4) is 5.75 Å². The van der Waals surface area contributed by atoms with Crippen molar-refractivity contribution in [2.24, 2.45) is 0 Å². The van der Waals surface area contributed by atoms with E-state index in [1.807, 2.05) is 30.3 Å². The minimum atomic E-state index is -1.13. The second-order valence-electron chi connectivity index (χ2n) is 7.18. The fourth-order valence-electron chi connectivity index (χ4n) is 2.43. The molecule has 1 amide bonds. The normalized spacial score (nSPS) is 11.0. The van der Waals surface area contributed by atoms with Crippen molar-refractivity contribution in [1.29, 1.82) is 0 Å². The van der Waals surface area contributed by atoms with Crippen molar-refractivity contribution in [2.75, 3.05) is 13.2 Å². The molecular formula is C21H24ClNO5. The largest absolute Gasteiger partial charge is 0.491 e. The number of carbonyl (C=O) groups excluding carboxylic acids is 1. The molecule has 0 unspecified atom stereocenters. The molecule has 0 aliphatic heterocycles. The lowest BCUT2D eigenvalue weighted by Gasteiger charge is -2.27. The number of nitrogens with zero attached hydrogens (tertiary/aromatic N) is 1. The van der Waals surface area contributed by atoms with E-state index in [9.17, 15) is 14.7 Å². The molecule has 0 saturated carbocycles. The van der Waals surface area contributed by atoms with Crippen LogP contribution >= 0.6 is 11.6 Å². The highest BCUT2D eigenvalue weighted by molar-refractivity contribution is 6.31. The molecule has 2 rings (SSSR count). The fourth-order valence-corrected chi connectivity index (χ4v) is 2.60. The number of benzene rings is 2. The van der Waals surface area contributed by atoms with Crippen LogP contribution in [0, 0.1) is 0 Å². The van der Waals surface area contributed by atoms with Crippen LogP contribution in [0.1, 0.15) is 36.7 Å². The van der Waals surface area contributed by atoms with E-state index in [0.29, 0.717) is 11.6 Å². The number of aromatic carboxylic acids is 1. The summed E-state index contributed by atoms with van der Waals surface area (Å²) in [5.41, 5.74) is 0.296. The number of amides is 1. The molecule has 0 saturated heterocycles. The molecule has 7 heteroatoms. The Morgan fingerprint density at radius 2 is 1.79 bits per heavy atom. The first-order valence-corrected chi connectivity index (χ1v) is 9.21. The molecule has 2 aromatic carbocycles. The summed E-state index contributed by atoms with van der Waals surface area (Å²) in [6, 6.07) is 13.9. The van der Waals surface area contributed by atoms with Gasteiger partial charge < -0.3 is 19.5 Å². The smallest absolute Gasteiger partial charge is 0.410 e. The molecular weight excluding hydrogens is 382 g/mol. The highest BCUT2D eigenvalue weighted by Crippen LogP contribution is 2.23. The van der Waals surface area contributed by atoms with Crippen molar-refractivity contribution < 1.29 is 24.2 Å². The van der Waals surface area contributed by atoms with Gasteiger partial charge in [-0.15, -0.1) is 0 Å². The van der Waals surface area contributed by atoms with E-state index < -0.39 is 17.7 Å². The zero-order chi connectivity index (χ0) is 20.7. The van der Waals surface area contributed by atoms with Crippen molar-refractivity contribution in [3.05, 3.63) is 64.7 Å². The Bertz CT molecular complexity index is 817. The Balaban J connectivity index is 2.08. The van der Waals surface area contributed by atoms with Gasteiger partial charge in [0.1, 0.15) is 23.5 Å². The predicted molar refractivity (Wildman–Crippen MR) is 107 cm³/mol. The summed E-state index contributed by atoms with van der Waals surface area (Å²) in [4.78, 5) is 25.4. The lowest BCUT2D eigenvalue weighted by atomic mass is 10.2. The number of carboxylic acids is 1. The van der Waals surface area contributed by atoms with E-state index in [-0.39, 0.29) is 24.5 Å². The molecule has 0 aliphatic carbocycles. The number of hydrogen-bond acceptors (Lipinski definition) is 4. The molecule has 28 heavy (non-hydrogen) atoms. The Kier molecular flexibility index (Phi) is 7.29. The fraction of sp³-hybridized carbons (Fsp3) is 0.333. The molecule has 0 radical (unpaired) electrons. The third-order valence-corrected chi connectivity index (χ3v) is 3.89. The van der Waals surface area contributed by atoms with Gasteiger partial charge in [0.15, 0.2) is 0 Å². The summed E-state index contributed by atoms with van der Waals surface area (Å²) in [6.45, 7) is 6.09. The standard InChI is InChI=1S/C21H24ClNO5/c1-21(2,3)28-20(26)23(14-15-7-5-4-6-8-15)11-12-27-18-10-9-16(22)13-17(18)19(24)25/h4-10,13H,11-12,14H2,1-3H3,(H,24,25). The van der Waals surface area contributed by atoms with Crippen LogP contribution in [0.25, 0.3) is 0 Å². The topological polar surface area (TPSA) is 76.1 Å². The summed E-state index contributed by atoms with van der Waals surface area (Å²) in [5, 5.41) is 9.60. The van der Waals surface area contributed by atoms with Gasteiger partial charge in [0.2, 0.25) is 0 Å². The molecule has 0 aromatic heterocycles. The quantitative estimate of drug-likeness (QED) is 0.712. The minimum absolute atomic E-state index is 0.0284. The Morgan fingerprint density at radius 3 is 2.39 bits per heavy atom. The minimum Gasteiger partial charge on any atom is -0.491 e. The second-order valence-corrected chi connectivity index (χ2v) is 7.62. The van der Waals surface area contributed by atoms with E-state index in [4.69, 9.17) is 21.1 Å². The van der Waals surface area contributed by atoms with E-state index in [1.165, 1.54) is 17.0 Å². The van der Waals surface area contributed by atoms with E-state index >= 15 is 0 Å². The first-order chi connectivity index (χ1) is 13.2. The summed E-state index contributed by atoms with van der Waals surface area (Å²) >= 11 is 5.85. The Labute approximate surface area is 169 Å². The summed E-state index contributed by atoms with van der Waals surface area (Å²) < 4.78 is 11.1. The van der Waals surface area contributed by atoms with E-state index in [0.717, 1.165) is 5.56 Å². The predicted octanol–water partition coefficient (Wildman–Crippen LogP) is 4.85. The van der Waals surface area contributed by atoms with Crippen LogP contribution in [0.3, 0.4) is 0 Å². The van der Waals surface area contributed by atoms with Crippen molar-refractivity contribution >= 4 is 23.7 Å². The van der Waals surface area contributed by atoms with Crippen molar-refractivity contribution in [2.45, 2.75) is 32.9 Å². The highest BCUT2D eigenvalue weighted by atomic mass is 35.5. The first-order valence-electron chi connectivity index (χ1n) is 8.83. The van der Waals surface area contributed by atoms with Gasteiger partial charge in [-0.3, -0.25) is 0 Å². The van der Waals surface area contributed by atoms with Crippen LogP contribution in [0.15, 0.2) is 48.5 Å². The number of carbonyl (C=O) groups is 2. The second kappa shape index (κ2) is 9.46. The molecule has 6 nitrogen and oxygen atoms in total. The van der Waals surface area contributed by atoms with Crippen molar-refractivity contribution in [3.63, 3.8) is 0 Å². The van der Waals surface area contributed by atoms with E-state index in [2.05, 4.69) is 0 Å². The van der Waals surface area contributed by atoms with E-state index in [1.54, 1.807) is 26.8 Å². The summed E-state index contributed by atoms with van der Waals surface area (Å²) in [7, 11) is 0. The monoisotopic (exact) mass is 405 g/mol. The highest BCUT2D eigenvalue weighted by Gasteiger charge is 2.22. The molecule has 0 fully saturated rings. The molecule has 0 atom stereocenters. The lowest BCUT2D eigenvalue weighted by Crippen LogP contribution is -2.38. The maximum absolute atomic E-state index is 12.6. The summed E-state index contributed by atoms with van der Waals surface area (Å²) in [5.74, 6) is -0.938. The van der Waals surface area contributed by atoms with Gasteiger partial charge in [0.25, 0.3) is 0 Å². The molecule has 150 valence electrons. The average molecular weight is 406 g/mol. The Hall–Kier alpha value is -2.73. The van der Waals surface area contributed by atoms with Gasteiger partial charge in [0.05, 0.1) is 6.54 Å². The molecule has 0 aliphatic rings.